The molecule has 4 heterocycles. The zero-order chi connectivity index (χ0) is 34.5. The standard InChI is InChI=1S/C36H48BrN3O7/c1-22-28(23-14-10-8-11-15-23)46-33(45)26-27-31(43)39(18-19-41)30(36(27)20-24(37)29(26)47-36)32(44)40(35(5,6)21-34(2,3)4)17-13-9-12-16-25(42)38(22)7/h8-11,13-15,20,22,26-30,41H,12,16-19,21H2,1-7H3/b13-9-/t22-,26+,27-,28+,29+,30+,36-/m0/s1. The van der Waals surface area contributed by atoms with Crippen molar-refractivity contribution in [2.24, 2.45) is 17.3 Å². The fraction of sp³-hybridized carbons (Fsp3) is 0.611. The molecule has 1 aromatic carbocycles. The molecule has 4 aliphatic rings. The number of cyclic esters (lactones) is 1. The molecule has 5 bridgehead atoms. The van der Waals surface area contributed by atoms with Gasteiger partial charge in [0.1, 0.15) is 29.8 Å². The number of aliphatic hydroxyl groups is 1. The number of rotatable bonds is 5. The van der Waals surface area contributed by atoms with Gasteiger partial charge in [0.2, 0.25) is 17.7 Å². The zero-order valence-electron chi connectivity index (χ0n) is 28.4. The van der Waals surface area contributed by atoms with Crippen LogP contribution in [0.3, 0.4) is 0 Å². The molecule has 256 valence electrons. The molecule has 11 heteroatoms. The molecule has 1 aromatic rings. The smallest absolute Gasteiger partial charge is 0.313 e. The Labute approximate surface area is 286 Å². The van der Waals surface area contributed by atoms with Crippen LogP contribution in [0.4, 0.5) is 0 Å². The Kier molecular flexibility index (Phi) is 9.85. The lowest BCUT2D eigenvalue weighted by Crippen LogP contribution is -2.61. The minimum Gasteiger partial charge on any atom is -0.455 e. The van der Waals surface area contributed by atoms with Crippen molar-refractivity contribution in [2.45, 2.75) is 96.2 Å². The molecule has 10 nitrogen and oxygen atoms in total. The average Bonchev–Trinajstić information content (AvgIpc) is 3.58. The first kappa shape index (κ1) is 35.3. The van der Waals surface area contributed by atoms with Gasteiger partial charge in [-0.3, -0.25) is 19.2 Å². The molecule has 4 aliphatic heterocycles. The Morgan fingerprint density at radius 2 is 1.68 bits per heavy atom. The highest BCUT2D eigenvalue weighted by Crippen LogP contribution is 2.59. The van der Waals surface area contributed by atoms with Crippen LogP contribution in [0.1, 0.15) is 72.5 Å². The maximum Gasteiger partial charge on any atom is 0.313 e. The summed E-state index contributed by atoms with van der Waals surface area (Å²) in [6, 6.07) is 7.61. The van der Waals surface area contributed by atoms with Crippen molar-refractivity contribution in [3.05, 3.63) is 58.6 Å². The molecule has 0 saturated carbocycles. The van der Waals surface area contributed by atoms with Crippen molar-refractivity contribution in [1.29, 1.82) is 0 Å². The summed E-state index contributed by atoms with van der Waals surface area (Å²) in [7, 11) is 1.71. The molecule has 0 unspecified atom stereocenters. The molecule has 7 atom stereocenters. The molecule has 1 N–H and O–H groups in total. The Hall–Kier alpha value is -3.02. The third-order valence-electron chi connectivity index (χ3n) is 10.0. The lowest BCUT2D eigenvalue weighted by atomic mass is 9.74. The summed E-state index contributed by atoms with van der Waals surface area (Å²) in [5.74, 6) is -3.59. The van der Waals surface area contributed by atoms with Crippen molar-refractivity contribution in [3.63, 3.8) is 0 Å². The number of amides is 3. The monoisotopic (exact) mass is 713 g/mol. The number of fused-ring (bicyclic) bond motifs is 2. The lowest BCUT2D eigenvalue weighted by molar-refractivity contribution is -0.164. The molecule has 1 spiro atoms. The van der Waals surface area contributed by atoms with Gasteiger partial charge in [-0.15, -0.1) is 0 Å². The van der Waals surface area contributed by atoms with E-state index in [1.807, 2.05) is 63.3 Å². The molecule has 0 aliphatic carbocycles. The second-order valence-electron chi connectivity index (χ2n) is 15.1. The minimum atomic E-state index is -1.44. The van der Waals surface area contributed by atoms with E-state index in [9.17, 15) is 24.3 Å². The van der Waals surface area contributed by atoms with Crippen LogP contribution in [0, 0.1) is 17.3 Å². The van der Waals surface area contributed by atoms with Crippen LogP contribution in [0.2, 0.25) is 0 Å². The Bertz CT molecular complexity index is 1450. The van der Waals surface area contributed by atoms with E-state index < -0.39 is 59.1 Å². The van der Waals surface area contributed by atoms with Crippen molar-refractivity contribution in [2.75, 3.05) is 26.7 Å². The van der Waals surface area contributed by atoms with Crippen molar-refractivity contribution < 1.29 is 33.8 Å². The number of esters is 1. The fourth-order valence-electron chi connectivity index (χ4n) is 8.19. The van der Waals surface area contributed by atoms with Gasteiger partial charge in [-0.1, -0.05) is 79.2 Å². The number of likely N-dealkylation sites (tertiary alicyclic amines) is 1. The summed E-state index contributed by atoms with van der Waals surface area (Å²) in [5.41, 5.74) is -1.50. The van der Waals surface area contributed by atoms with E-state index >= 15 is 0 Å². The van der Waals surface area contributed by atoms with E-state index in [0.717, 1.165) is 0 Å². The number of benzene rings is 1. The Morgan fingerprint density at radius 3 is 2.32 bits per heavy atom. The van der Waals surface area contributed by atoms with Crippen LogP contribution in [-0.4, -0.2) is 99.6 Å². The SMILES string of the molecule is C[C@H]1[C@H](c2ccccc2)OC(=O)[C@H]2[C@@H]3O[C@@]4(C=C3Br)[C@@H]2C(=O)N(CCO)[C@@H]4C(=O)N(C(C)(C)CC(C)(C)C)C/C=C\CCC(=O)N1C. The van der Waals surface area contributed by atoms with Crippen LogP contribution in [0.25, 0.3) is 0 Å². The molecule has 0 radical (unpaired) electrons. The van der Waals surface area contributed by atoms with Gasteiger partial charge >= 0.3 is 5.97 Å². The Balaban J connectivity index is 1.64. The number of allylic oxidation sites excluding steroid dienone is 1. The normalized spacial score (nSPS) is 32.9. The van der Waals surface area contributed by atoms with E-state index in [2.05, 4.69) is 36.7 Å². The first-order chi connectivity index (χ1) is 22.0. The number of β-amino-alcohol motifs (C(OH)–C–C–N with tert-alkyl or cyclic N) is 1. The summed E-state index contributed by atoms with van der Waals surface area (Å²) in [4.78, 5) is 61.8. The first-order valence-electron chi connectivity index (χ1n) is 16.5. The van der Waals surface area contributed by atoms with E-state index in [1.165, 1.54) is 4.90 Å². The van der Waals surface area contributed by atoms with Crippen LogP contribution >= 0.6 is 15.9 Å². The number of ether oxygens (including phenoxy) is 2. The molecular formula is C36H48BrN3O7. The molecular weight excluding hydrogens is 666 g/mol. The van der Waals surface area contributed by atoms with Gasteiger partial charge in [-0.2, -0.15) is 0 Å². The number of carbonyl (C=O) groups is 4. The number of hydrogen-bond acceptors (Lipinski definition) is 7. The van der Waals surface area contributed by atoms with E-state index in [0.29, 0.717) is 22.9 Å². The summed E-state index contributed by atoms with van der Waals surface area (Å²) < 4.78 is 13.5. The van der Waals surface area contributed by atoms with Gasteiger partial charge in [0.25, 0.3) is 0 Å². The number of carbonyl (C=O) groups excluding carboxylic acids is 4. The van der Waals surface area contributed by atoms with Gasteiger partial charge in [0, 0.05) is 36.6 Å². The van der Waals surface area contributed by atoms with Crippen LogP contribution in [0.15, 0.2) is 53.0 Å². The van der Waals surface area contributed by atoms with E-state index in [4.69, 9.17) is 9.47 Å². The van der Waals surface area contributed by atoms with E-state index in [1.54, 1.807) is 22.9 Å². The molecule has 2 fully saturated rings. The predicted octanol–water partition coefficient (Wildman–Crippen LogP) is 4.38. The molecule has 0 aromatic heterocycles. The number of likely N-dealkylation sites (N-methyl/N-ethyl adjacent to an activating group) is 1. The number of nitrogens with zero attached hydrogens (tertiary/aromatic N) is 3. The van der Waals surface area contributed by atoms with Crippen molar-refractivity contribution >= 4 is 39.6 Å². The lowest BCUT2D eigenvalue weighted by Gasteiger charge is -2.45. The third-order valence-corrected chi connectivity index (χ3v) is 10.7. The summed E-state index contributed by atoms with van der Waals surface area (Å²) >= 11 is 3.60. The molecule has 5 rings (SSSR count). The molecule has 3 amide bonds. The molecule has 47 heavy (non-hydrogen) atoms. The van der Waals surface area contributed by atoms with Crippen LogP contribution in [0.5, 0.6) is 0 Å². The summed E-state index contributed by atoms with van der Waals surface area (Å²) in [5, 5.41) is 10.1. The topological polar surface area (TPSA) is 117 Å². The highest BCUT2D eigenvalue weighted by atomic mass is 79.9. The quantitative estimate of drug-likeness (QED) is 0.356. The number of halogens is 1. The van der Waals surface area contributed by atoms with Crippen LogP contribution < -0.4 is 0 Å². The second kappa shape index (κ2) is 13.1. The van der Waals surface area contributed by atoms with Crippen molar-refractivity contribution in [3.8, 4) is 0 Å². The summed E-state index contributed by atoms with van der Waals surface area (Å²) in [6.45, 7) is 12.0. The van der Waals surface area contributed by atoms with Gasteiger partial charge in [0.05, 0.1) is 18.6 Å². The van der Waals surface area contributed by atoms with Gasteiger partial charge in [-0.05, 0) is 50.7 Å². The number of hydrogen-bond donors (Lipinski definition) is 1. The second-order valence-corrected chi connectivity index (χ2v) is 16.0. The van der Waals surface area contributed by atoms with Crippen molar-refractivity contribution in [1.82, 2.24) is 14.7 Å². The average molecular weight is 715 g/mol. The third kappa shape index (κ3) is 6.43. The highest BCUT2D eigenvalue weighted by molar-refractivity contribution is 9.11. The fourth-order valence-corrected chi connectivity index (χ4v) is 8.93. The zero-order valence-corrected chi connectivity index (χ0v) is 30.0. The maximum absolute atomic E-state index is 15.0. The largest absolute Gasteiger partial charge is 0.455 e. The van der Waals surface area contributed by atoms with Gasteiger partial charge in [-0.25, -0.2) is 0 Å². The maximum atomic E-state index is 15.0. The minimum absolute atomic E-state index is 0.0886. The summed E-state index contributed by atoms with van der Waals surface area (Å²) in [6.07, 6.45) is 5.30. The van der Waals surface area contributed by atoms with Gasteiger partial charge in [0.15, 0.2) is 0 Å². The number of aliphatic hydroxyl groups excluding tert-OH is 1. The predicted molar refractivity (Wildman–Crippen MR) is 180 cm³/mol. The first-order valence-corrected chi connectivity index (χ1v) is 17.3. The van der Waals surface area contributed by atoms with E-state index in [-0.39, 0.29) is 43.3 Å². The molecule has 2 saturated heterocycles. The van der Waals surface area contributed by atoms with Gasteiger partial charge < -0.3 is 29.3 Å². The van der Waals surface area contributed by atoms with Crippen LogP contribution in [-0.2, 0) is 28.7 Å². The highest BCUT2D eigenvalue weighted by Gasteiger charge is 2.75. The Morgan fingerprint density at radius 1 is 1.00 bits per heavy atom.